The summed E-state index contributed by atoms with van der Waals surface area (Å²) in [5.41, 5.74) is 1.82. The Labute approximate surface area is 209 Å². The monoisotopic (exact) mass is 481 g/mol. The van der Waals surface area contributed by atoms with Crippen LogP contribution in [0.5, 0.6) is 0 Å². The van der Waals surface area contributed by atoms with Crippen molar-refractivity contribution in [3.63, 3.8) is 0 Å². The Balaban J connectivity index is 1.49. The molecule has 5 nitrogen and oxygen atoms in total. The fourth-order valence-electron chi connectivity index (χ4n) is 10.5. The maximum absolute atomic E-state index is 12.8. The lowest BCUT2D eigenvalue weighted by Gasteiger charge is -2.70. The number of aliphatic carboxylic acids is 1. The van der Waals surface area contributed by atoms with Crippen LogP contribution in [-0.2, 0) is 11.2 Å². The van der Waals surface area contributed by atoms with E-state index in [0.717, 1.165) is 57.1 Å². The number of carboxylic acid groups (broad SMARTS) is 1. The first-order valence-electron chi connectivity index (χ1n) is 13.9. The highest BCUT2D eigenvalue weighted by atomic mass is 16.5. The van der Waals surface area contributed by atoms with Gasteiger partial charge in [-0.05, 0) is 90.8 Å². The molecule has 1 aromatic heterocycles. The van der Waals surface area contributed by atoms with Gasteiger partial charge in [-0.25, -0.2) is 0 Å². The lowest BCUT2D eigenvalue weighted by molar-refractivity contribution is -0.201. The van der Waals surface area contributed by atoms with Crippen LogP contribution < -0.4 is 0 Å². The van der Waals surface area contributed by atoms with Gasteiger partial charge in [-0.15, -0.1) is 0 Å². The van der Waals surface area contributed by atoms with Crippen molar-refractivity contribution in [2.45, 2.75) is 105 Å². The van der Waals surface area contributed by atoms with Gasteiger partial charge in [-0.3, -0.25) is 4.79 Å². The third-order valence-electron chi connectivity index (χ3n) is 12.6. The fourth-order valence-corrected chi connectivity index (χ4v) is 10.5. The van der Waals surface area contributed by atoms with Crippen molar-refractivity contribution in [1.29, 1.82) is 0 Å². The van der Waals surface area contributed by atoms with Crippen LogP contribution in [0.15, 0.2) is 22.4 Å². The van der Waals surface area contributed by atoms with Gasteiger partial charge in [0.25, 0.3) is 0 Å². The van der Waals surface area contributed by atoms with E-state index < -0.39 is 17.5 Å². The van der Waals surface area contributed by atoms with Crippen LogP contribution in [0.25, 0.3) is 0 Å². The van der Waals surface area contributed by atoms with E-state index in [9.17, 15) is 15.0 Å². The Kier molecular flexibility index (Phi) is 4.77. The second-order valence-corrected chi connectivity index (χ2v) is 14.5. The van der Waals surface area contributed by atoms with E-state index in [1.165, 1.54) is 11.1 Å². The van der Waals surface area contributed by atoms with Crippen LogP contribution in [0, 0.1) is 44.8 Å². The van der Waals surface area contributed by atoms with Gasteiger partial charge in [-0.2, -0.15) is 0 Å². The number of rotatable bonds is 1. The molecule has 192 valence electrons. The van der Waals surface area contributed by atoms with E-state index >= 15 is 0 Å². The molecule has 0 aromatic carbocycles. The van der Waals surface area contributed by atoms with Crippen LogP contribution >= 0.6 is 0 Å². The largest absolute Gasteiger partial charge is 0.481 e. The van der Waals surface area contributed by atoms with E-state index in [4.69, 9.17) is 4.52 Å². The zero-order chi connectivity index (χ0) is 25.2. The minimum Gasteiger partial charge on any atom is -0.481 e. The number of hydrogen-bond acceptors (Lipinski definition) is 4. The summed E-state index contributed by atoms with van der Waals surface area (Å²) in [5.74, 6) is 1.17. The molecule has 1 heterocycles. The first-order valence-corrected chi connectivity index (χ1v) is 13.9. The summed E-state index contributed by atoms with van der Waals surface area (Å²) in [5, 5.41) is 26.6. The molecule has 3 saturated carbocycles. The standard InChI is InChI=1S/C30H43NO4/c1-17-19-7-8-28(5)22(27(19,4)14-18-16-31-35-24(17)18)13-21(32)23-20-15-26(2,3)9-11-30(20,25(33)34)12-10-29(23,28)6/h13,16-17,19-21,23,32H,7-12,14-15H2,1-6H3,(H,33,34)/t17-,19-,20?,21+,23?,27-,28+,29+,30-/m0/s1. The second kappa shape index (κ2) is 7.02. The molecular formula is C30H43NO4. The zero-order valence-electron chi connectivity index (χ0n) is 22.4. The summed E-state index contributed by atoms with van der Waals surface area (Å²) in [7, 11) is 0. The van der Waals surface area contributed by atoms with Gasteiger partial charge in [0.1, 0.15) is 5.76 Å². The molecule has 2 N–H and O–H groups in total. The Hall–Kier alpha value is -1.62. The highest BCUT2D eigenvalue weighted by Gasteiger charge is 2.70. The van der Waals surface area contributed by atoms with Crippen molar-refractivity contribution in [2.75, 3.05) is 0 Å². The summed E-state index contributed by atoms with van der Waals surface area (Å²) in [6, 6.07) is 0. The van der Waals surface area contributed by atoms with Crippen molar-refractivity contribution >= 4 is 5.97 Å². The molecule has 0 amide bonds. The highest BCUT2D eigenvalue weighted by Crippen LogP contribution is 2.74. The maximum Gasteiger partial charge on any atom is 0.309 e. The molecule has 35 heavy (non-hydrogen) atoms. The predicted molar refractivity (Wildman–Crippen MR) is 134 cm³/mol. The van der Waals surface area contributed by atoms with Crippen LogP contribution in [0.2, 0.25) is 0 Å². The summed E-state index contributed by atoms with van der Waals surface area (Å²) in [6.45, 7) is 14.1. The van der Waals surface area contributed by atoms with Gasteiger partial charge in [0.15, 0.2) is 0 Å². The molecule has 9 atom stereocenters. The second-order valence-electron chi connectivity index (χ2n) is 14.5. The zero-order valence-corrected chi connectivity index (χ0v) is 22.4. The number of aliphatic hydroxyl groups excluding tert-OH is 1. The molecule has 1 aromatic rings. The summed E-state index contributed by atoms with van der Waals surface area (Å²) < 4.78 is 5.69. The molecule has 5 aliphatic carbocycles. The quantitative estimate of drug-likeness (QED) is 0.455. The van der Waals surface area contributed by atoms with Crippen LogP contribution in [0.3, 0.4) is 0 Å². The van der Waals surface area contributed by atoms with Crippen molar-refractivity contribution in [1.82, 2.24) is 5.16 Å². The minimum atomic E-state index is -0.694. The first kappa shape index (κ1) is 23.8. The SMILES string of the molecule is C[C@@H]1c2oncc2C[C@]2(C)C3=C[C@@H](O)C4C5CC(C)(C)CC[C@]5(C(=O)O)CC[C@@]4(C)[C@]3(C)CC[C@@H]12. The molecule has 0 saturated heterocycles. The number of aliphatic hydroxyl groups is 1. The summed E-state index contributed by atoms with van der Waals surface area (Å²) in [6.07, 6.45) is 10.8. The van der Waals surface area contributed by atoms with Gasteiger partial charge in [0.2, 0.25) is 0 Å². The van der Waals surface area contributed by atoms with Crippen LogP contribution in [0.1, 0.15) is 104 Å². The van der Waals surface area contributed by atoms with E-state index in [0.29, 0.717) is 11.8 Å². The van der Waals surface area contributed by atoms with Crippen molar-refractivity contribution in [3.05, 3.63) is 29.2 Å². The Bertz CT molecular complexity index is 1100. The van der Waals surface area contributed by atoms with E-state index in [1.54, 1.807) is 0 Å². The predicted octanol–water partition coefficient (Wildman–Crippen LogP) is 6.37. The van der Waals surface area contributed by atoms with Gasteiger partial charge in [0, 0.05) is 11.5 Å². The van der Waals surface area contributed by atoms with E-state index in [1.807, 2.05) is 6.20 Å². The molecule has 0 aliphatic heterocycles. The smallest absolute Gasteiger partial charge is 0.309 e. The molecular weight excluding hydrogens is 438 g/mol. The third kappa shape index (κ3) is 2.80. The van der Waals surface area contributed by atoms with Gasteiger partial charge in [0.05, 0.1) is 17.7 Å². The van der Waals surface area contributed by atoms with Crippen molar-refractivity contribution in [3.8, 4) is 0 Å². The molecule has 0 spiro atoms. The Morgan fingerprint density at radius 2 is 1.77 bits per heavy atom. The number of carbonyl (C=O) groups is 1. The molecule has 0 radical (unpaired) electrons. The topological polar surface area (TPSA) is 83.6 Å². The van der Waals surface area contributed by atoms with Crippen molar-refractivity contribution in [2.24, 2.45) is 44.8 Å². The number of carboxylic acids is 1. The number of aromatic nitrogens is 1. The molecule has 5 heteroatoms. The Morgan fingerprint density at radius 1 is 1.06 bits per heavy atom. The van der Waals surface area contributed by atoms with Gasteiger partial charge in [-0.1, -0.05) is 58.3 Å². The van der Waals surface area contributed by atoms with Crippen molar-refractivity contribution < 1.29 is 19.5 Å². The maximum atomic E-state index is 12.8. The average Bonchev–Trinajstić information content (AvgIpc) is 3.23. The van der Waals surface area contributed by atoms with E-state index in [2.05, 4.69) is 52.8 Å². The molecule has 2 unspecified atom stereocenters. The number of hydrogen-bond donors (Lipinski definition) is 2. The Morgan fingerprint density at radius 3 is 2.49 bits per heavy atom. The highest BCUT2D eigenvalue weighted by molar-refractivity contribution is 5.75. The van der Waals surface area contributed by atoms with E-state index in [-0.39, 0.29) is 33.5 Å². The lowest BCUT2D eigenvalue weighted by Crippen LogP contribution is -2.66. The van der Waals surface area contributed by atoms with Gasteiger partial charge < -0.3 is 14.7 Å². The minimum absolute atomic E-state index is 0.00705. The fraction of sp³-hybridized carbons (Fsp3) is 0.800. The van der Waals surface area contributed by atoms with Crippen LogP contribution in [-0.4, -0.2) is 27.4 Å². The molecule has 5 aliphatic rings. The lowest BCUT2D eigenvalue weighted by atomic mass is 9.34. The summed E-state index contributed by atoms with van der Waals surface area (Å²) in [4.78, 5) is 12.8. The summed E-state index contributed by atoms with van der Waals surface area (Å²) >= 11 is 0. The molecule has 6 rings (SSSR count). The number of nitrogens with zero attached hydrogens (tertiary/aromatic N) is 1. The molecule has 0 bridgehead atoms. The molecule has 3 fully saturated rings. The number of fused-ring (bicyclic) bond motifs is 8. The van der Waals surface area contributed by atoms with Gasteiger partial charge >= 0.3 is 5.97 Å². The normalized spacial score (nSPS) is 50.0. The number of allylic oxidation sites excluding steroid dienone is 1. The first-order chi connectivity index (χ1) is 16.3. The third-order valence-corrected chi connectivity index (χ3v) is 12.6. The van der Waals surface area contributed by atoms with Crippen LogP contribution in [0.4, 0.5) is 0 Å². The average molecular weight is 482 g/mol.